The number of benzene rings is 1. The number of aliphatic hydroxyl groups is 1. The van der Waals surface area contributed by atoms with Gasteiger partial charge in [0.05, 0.1) is 19.1 Å². The first-order chi connectivity index (χ1) is 10.0. The molecule has 0 aliphatic carbocycles. The number of carboxylic acids is 1. The molecule has 116 valence electrons. The molecular formula is C16H23NO4. The number of methoxy groups -OCH3 is 1. The van der Waals surface area contributed by atoms with Crippen molar-refractivity contribution in [3.8, 4) is 5.75 Å². The van der Waals surface area contributed by atoms with Gasteiger partial charge in [-0.15, -0.1) is 0 Å². The lowest BCUT2D eigenvalue weighted by Gasteiger charge is -2.37. The lowest BCUT2D eigenvalue weighted by Crippen LogP contribution is -2.44. The molecule has 1 aromatic carbocycles. The van der Waals surface area contributed by atoms with Gasteiger partial charge in [-0.25, -0.2) is 0 Å². The molecule has 2 N–H and O–H groups in total. The van der Waals surface area contributed by atoms with E-state index in [9.17, 15) is 9.90 Å². The van der Waals surface area contributed by atoms with E-state index >= 15 is 0 Å². The maximum absolute atomic E-state index is 11.0. The zero-order valence-electron chi connectivity index (χ0n) is 12.5. The van der Waals surface area contributed by atoms with Gasteiger partial charge in [0.2, 0.25) is 0 Å². The van der Waals surface area contributed by atoms with Crippen LogP contribution in [0.4, 0.5) is 0 Å². The molecule has 1 aromatic rings. The lowest BCUT2D eigenvalue weighted by molar-refractivity contribution is -0.144. The van der Waals surface area contributed by atoms with E-state index in [2.05, 4.69) is 4.90 Å². The molecule has 0 radical (unpaired) electrons. The van der Waals surface area contributed by atoms with Crippen LogP contribution in [-0.2, 0) is 4.79 Å². The molecule has 3 atom stereocenters. The molecule has 1 heterocycles. The second-order valence-corrected chi connectivity index (χ2v) is 5.70. The van der Waals surface area contributed by atoms with Crippen molar-refractivity contribution >= 4 is 5.97 Å². The van der Waals surface area contributed by atoms with Crippen LogP contribution in [-0.4, -0.2) is 47.3 Å². The Kier molecular flexibility index (Phi) is 5.20. The number of likely N-dealkylation sites (tertiary alicyclic amines) is 1. The summed E-state index contributed by atoms with van der Waals surface area (Å²) in [7, 11) is 1.60. The predicted octanol–water partition coefficient (Wildman–Crippen LogP) is 1.91. The van der Waals surface area contributed by atoms with Gasteiger partial charge in [0, 0.05) is 12.6 Å². The van der Waals surface area contributed by atoms with Gasteiger partial charge < -0.3 is 14.9 Å². The largest absolute Gasteiger partial charge is 0.497 e. The van der Waals surface area contributed by atoms with Crippen LogP contribution in [0.15, 0.2) is 24.3 Å². The van der Waals surface area contributed by atoms with E-state index in [0.29, 0.717) is 25.9 Å². The third-order valence-corrected chi connectivity index (χ3v) is 4.25. The first kappa shape index (κ1) is 15.8. The van der Waals surface area contributed by atoms with Gasteiger partial charge in [-0.05, 0) is 44.0 Å². The van der Waals surface area contributed by atoms with Gasteiger partial charge in [0.1, 0.15) is 5.75 Å². The molecule has 0 bridgehead atoms. The van der Waals surface area contributed by atoms with Crippen molar-refractivity contribution in [3.05, 3.63) is 29.8 Å². The average molecular weight is 293 g/mol. The van der Waals surface area contributed by atoms with Crippen LogP contribution in [0.25, 0.3) is 0 Å². The fourth-order valence-corrected chi connectivity index (χ4v) is 2.89. The third-order valence-electron chi connectivity index (χ3n) is 4.25. The molecule has 0 aromatic heterocycles. The van der Waals surface area contributed by atoms with Crippen LogP contribution in [0.1, 0.15) is 31.4 Å². The molecule has 5 nitrogen and oxygen atoms in total. The topological polar surface area (TPSA) is 70.0 Å². The van der Waals surface area contributed by atoms with E-state index in [0.717, 1.165) is 11.3 Å². The van der Waals surface area contributed by atoms with Crippen molar-refractivity contribution in [2.45, 2.75) is 31.9 Å². The summed E-state index contributed by atoms with van der Waals surface area (Å²) < 4.78 is 5.17. The van der Waals surface area contributed by atoms with E-state index in [-0.39, 0.29) is 12.0 Å². The Morgan fingerprint density at radius 2 is 2.29 bits per heavy atom. The van der Waals surface area contributed by atoms with Crippen LogP contribution in [0.3, 0.4) is 0 Å². The summed E-state index contributed by atoms with van der Waals surface area (Å²) in [6.45, 7) is 3.24. The Hall–Kier alpha value is -1.59. The van der Waals surface area contributed by atoms with Crippen LogP contribution >= 0.6 is 0 Å². The minimum Gasteiger partial charge on any atom is -0.497 e. The van der Waals surface area contributed by atoms with Gasteiger partial charge in [-0.2, -0.15) is 0 Å². The fraction of sp³-hybridized carbons (Fsp3) is 0.562. The summed E-state index contributed by atoms with van der Waals surface area (Å²) in [6.07, 6.45) is 0.689. The summed E-state index contributed by atoms with van der Waals surface area (Å²) in [5.74, 6) is -0.246. The van der Waals surface area contributed by atoms with Crippen molar-refractivity contribution in [1.29, 1.82) is 0 Å². The monoisotopic (exact) mass is 293 g/mol. The second kappa shape index (κ2) is 6.91. The Labute approximate surface area is 125 Å². The van der Waals surface area contributed by atoms with Crippen molar-refractivity contribution in [2.75, 3.05) is 20.2 Å². The van der Waals surface area contributed by atoms with Crippen LogP contribution in [0, 0.1) is 5.92 Å². The molecule has 0 saturated carbocycles. The Morgan fingerprint density at radius 3 is 2.90 bits per heavy atom. The second-order valence-electron chi connectivity index (χ2n) is 5.70. The number of hydrogen-bond acceptors (Lipinski definition) is 4. The van der Waals surface area contributed by atoms with E-state index < -0.39 is 12.1 Å². The molecular weight excluding hydrogens is 270 g/mol. The number of piperidine rings is 1. The van der Waals surface area contributed by atoms with E-state index in [1.165, 1.54) is 0 Å². The first-order valence-corrected chi connectivity index (χ1v) is 7.30. The van der Waals surface area contributed by atoms with Gasteiger partial charge in [0.25, 0.3) is 0 Å². The molecule has 0 amide bonds. The zero-order chi connectivity index (χ0) is 15.4. The highest BCUT2D eigenvalue weighted by molar-refractivity contribution is 5.70. The third kappa shape index (κ3) is 3.95. The summed E-state index contributed by atoms with van der Waals surface area (Å²) in [5.41, 5.74) is 0.821. The predicted molar refractivity (Wildman–Crippen MR) is 79.3 cm³/mol. The highest BCUT2D eigenvalue weighted by Crippen LogP contribution is 2.26. The quantitative estimate of drug-likeness (QED) is 0.868. The van der Waals surface area contributed by atoms with Gasteiger partial charge in [-0.3, -0.25) is 9.69 Å². The van der Waals surface area contributed by atoms with E-state index in [1.54, 1.807) is 7.11 Å². The van der Waals surface area contributed by atoms with E-state index in [1.807, 2.05) is 31.2 Å². The van der Waals surface area contributed by atoms with E-state index in [4.69, 9.17) is 9.84 Å². The molecule has 1 aliphatic rings. The first-order valence-electron chi connectivity index (χ1n) is 7.30. The summed E-state index contributed by atoms with van der Waals surface area (Å²) in [4.78, 5) is 13.2. The normalized spacial score (nSPS) is 24.5. The zero-order valence-corrected chi connectivity index (χ0v) is 12.5. The number of carboxylic acid groups (broad SMARTS) is 1. The number of nitrogens with zero attached hydrogens (tertiary/aromatic N) is 1. The highest BCUT2D eigenvalue weighted by Gasteiger charge is 2.30. The highest BCUT2D eigenvalue weighted by atomic mass is 16.5. The average Bonchev–Trinajstić information content (AvgIpc) is 2.49. The summed E-state index contributed by atoms with van der Waals surface area (Å²) >= 11 is 0. The number of rotatable bonds is 5. The smallest absolute Gasteiger partial charge is 0.306 e. The summed E-state index contributed by atoms with van der Waals surface area (Å²) in [6, 6.07) is 7.58. The number of aliphatic carboxylic acids is 1. The SMILES string of the molecule is COc1cccc(C(O)CN2CCC(C(=O)O)CC2C)c1. The molecule has 2 rings (SSSR count). The molecule has 21 heavy (non-hydrogen) atoms. The Balaban J connectivity index is 1.96. The van der Waals surface area contributed by atoms with Crippen molar-refractivity contribution < 1.29 is 19.7 Å². The summed E-state index contributed by atoms with van der Waals surface area (Å²) in [5, 5.41) is 19.5. The number of hydrogen-bond donors (Lipinski definition) is 2. The van der Waals surface area contributed by atoms with Crippen LogP contribution < -0.4 is 4.74 Å². The maximum Gasteiger partial charge on any atom is 0.306 e. The molecule has 5 heteroatoms. The number of β-amino-alcohol motifs (C(OH)–C–C–N with tert-alkyl or cyclic N) is 1. The molecule has 1 aliphatic heterocycles. The molecule has 1 fully saturated rings. The van der Waals surface area contributed by atoms with Crippen LogP contribution in [0.2, 0.25) is 0 Å². The number of carbonyl (C=O) groups is 1. The minimum atomic E-state index is -0.713. The molecule has 3 unspecified atom stereocenters. The molecule has 0 spiro atoms. The molecule has 1 saturated heterocycles. The van der Waals surface area contributed by atoms with Crippen molar-refractivity contribution in [3.63, 3.8) is 0 Å². The van der Waals surface area contributed by atoms with Crippen molar-refractivity contribution in [2.24, 2.45) is 5.92 Å². The fourth-order valence-electron chi connectivity index (χ4n) is 2.89. The number of aliphatic hydroxyl groups excluding tert-OH is 1. The van der Waals surface area contributed by atoms with Crippen molar-refractivity contribution in [1.82, 2.24) is 4.90 Å². The Morgan fingerprint density at radius 1 is 1.52 bits per heavy atom. The Bertz CT molecular complexity index is 491. The number of ether oxygens (including phenoxy) is 1. The van der Waals surface area contributed by atoms with Gasteiger partial charge >= 0.3 is 5.97 Å². The minimum absolute atomic E-state index is 0.167. The maximum atomic E-state index is 11.0. The van der Waals surface area contributed by atoms with Crippen LogP contribution in [0.5, 0.6) is 5.75 Å². The lowest BCUT2D eigenvalue weighted by atomic mass is 9.91. The van der Waals surface area contributed by atoms with Gasteiger partial charge in [-0.1, -0.05) is 12.1 Å². The van der Waals surface area contributed by atoms with Gasteiger partial charge in [0.15, 0.2) is 0 Å². The standard InChI is InChI=1S/C16H23NO4/c1-11-8-13(16(19)20)6-7-17(11)10-15(18)12-4-3-5-14(9-12)21-2/h3-5,9,11,13,15,18H,6-8,10H2,1-2H3,(H,19,20).